The van der Waals surface area contributed by atoms with Gasteiger partial charge in [-0.15, -0.1) is 0 Å². The van der Waals surface area contributed by atoms with Gasteiger partial charge in [0, 0.05) is 12.1 Å². The van der Waals surface area contributed by atoms with E-state index >= 15 is 0 Å². The van der Waals surface area contributed by atoms with Gasteiger partial charge in [-0.05, 0) is 43.2 Å². The quantitative estimate of drug-likeness (QED) is 0.671. The van der Waals surface area contributed by atoms with Crippen molar-refractivity contribution in [2.45, 2.75) is 13.3 Å². The molecule has 0 aliphatic rings. The predicted molar refractivity (Wildman–Crippen MR) is 96.6 cm³/mol. The van der Waals surface area contributed by atoms with Crippen molar-refractivity contribution in [3.05, 3.63) is 71.0 Å². The number of halogens is 1. The van der Waals surface area contributed by atoms with Crippen molar-refractivity contribution >= 4 is 11.9 Å². The standard InChI is InChI=1S/C20H19FN2O3/c1-13-3-5-14(6-4-13)11-12-22-19-17(20(24)25-2)18(23-26-19)15-7-9-16(21)10-8-15/h3-10,22H,11-12H2,1-2H3. The molecule has 0 unspecified atom stereocenters. The molecule has 0 radical (unpaired) electrons. The third-order valence-corrected chi connectivity index (χ3v) is 4.02. The number of anilines is 1. The fraction of sp³-hybridized carbons (Fsp3) is 0.200. The van der Waals surface area contributed by atoms with Gasteiger partial charge < -0.3 is 14.6 Å². The number of carbonyl (C=O) groups excluding carboxylic acids is 1. The van der Waals surface area contributed by atoms with Crippen LogP contribution in [0, 0.1) is 12.7 Å². The zero-order valence-electron chi connectivity index (χ0n) is 14.6. The molecule has 1 aromatic heterocycles. The van der Waals surface area contributed by atoms with Gasteiger partial charge in [0.2, 0.25) is 5.88 Å². The average molecular weight is 354 g/mol. The Labute approximate surface area is 150 Å². The highest BCUT2D eigenvalue weighted by Gasteiger charge is 2.24. The van der Waals surface area contributed by atoms with Gasteiger partial charge in [0.1, 0.15) is 11.5 Å². The van der Waals surface area contributed by atoms with Crippen LogP contribution in [0.5, 0.6) is 0 Å². The summed E-state index contributed by atoms with van der Waals surface area (Å²) < 4.78 is 23.3. The predicted octanol–water partition coefficient (Wildman–Crippen LogP) is 4.23. The summed E-state index contributed by atoms with van der Waals surface area (Å²) in [7, 11) is 1.29. The van der Waals surface area contributed by atoms with Gasteiger partial charge in [-0.2, -0.15) is 0 Å². The zero-order valence-corrected chi connectivity index (χ0v) is 14.6. The lowest BCUT2D eigenvalue weighted by Gasteiger charge is -2.06. The molecule has 0 fully saturated rings. The van der Waals surface area contributed by atoms with Crippen molar-refractivity contribution in [3.8, 4) is 11.3 Å². The Morgan fingerprint density at radius 3 is 2.50 bits per heavy atom. The lowest BCUT2D eigenvalue weighted by molar-refractivity contribution is 0.0602. The molecule has 0 saturated heterocycles. The van der Waals surface area contributed by atoms with Crippen LogP contribution in [0.2, 0.25) is 0 Å². The first-order valence-electron chi connectivity index (χ1n) is 8.22. The molecule has 134 valence electrons. The topological polar surface area (TPSA) is 64.4 Å². The molecule has 1 N–H and O–H groups in total. The number of hydrogen-bond acceptors (Lipinski definition) is 5. The Morgan fingerprint density at radius 2 is 1.85 bits per heavy atom. The second-order valence-electron chi connectivity index (χ2n) is 5.90. The normalized spacial score (nSPS) is 10.6. The number of hydrogen-bond donors (Lipinski definition) is 1. The van der Waals surface area contributed by atoms with Crippen molar-refractivity contribution in [2.24, 2.45) is 0 Å². The van der Waals surface area contributed by atoms with Crippen LogP contribution >= 0.6 is 0 Å². The molecule has 0 aliphatic carbocycles. The lowest BCUT2D eigenvalue weighted by atomic mass is 10.1. The third kappa shape index (κ3) is 3.91. The average Bonchev–Trinajstić information content (AvgIpc) is 3.07. The summed E-state index contributed by atoms with van der Waals surface area (Å²) >= 11 is 0. The highest BCUT2D eigenvalue weighted by atomic mass is 19.1. The molecular weight excluding hydrogens is 335 g/mol. The summed E-state index contributed by atoms with van der Waals surface area (Å²) in [6.45, 7) is 2.60. The van der Waals surface area contributed by atoms with Gasteiger partial charge in [-0.3, -0.25) is 0 Å². The maximum atomic E-state index is 13.1. The molecule has 0 bridgehead atoms. The summed E-state index contributed by atoms with van der Waals surface area (Å²) in [5, 5.41) is 7.05. The highest BCUT2D eigenvalue weighted by molar-refractivity contribution is 6.00. The Kier molecular flexibility index (Phi) is 5.31. The fourth-order valence-corrected chi connectivity index (χ4v) is 2.58. The van der Waals surface area contributed by atoms with E-state index in [2.05, 4.69) is 34.7 Å². The van der Waals surface area contributed by atoms with Gasteiger partial charge in [0.25, 0.3) is 0 Å². The Balaban J connectivity index is 1.79. The molecule has 6 heteroatoms. The summed E-state index contributed by atoms with van der Waals surface area (Å²) in [6.07, 6.45) is 0.757. The third-order valence-electron chi connectivity index (χ3n) is 4.02. The Morgan fingerprint density at radius 1 is 1.15 bits per heavy atom. The molecule has 0 amide bonds. The van der Waals surface area contributed by atoms with E-state index in [9.17, 15) is 9.18 Å². The molecule has 5 nitrogen and oxygen atoms in total. The van der Waals surface area contributed by atoms with Crippen LogP contribution in [0.25, 0.3) is 11.3 Å². The van der Waals surface area contributed by atoms with Crippen molar-refractivity contribution < 1.29 is 18.4 Å². The monoisotopic (exact) mass is 354 g/mol. The van der Waals surface area contributed by atoms with E-state index in [4.69, 9.17) is 9.26 Å². The molecule has 0 atom stereocenters. The molecule has 0 aliphatic heterocycles. The summed E-state index contributed by atoms with van der Waals surface area (Å²) in [4.78, 5) is 12.2. The molecule has 26 heavy (non-hydrogen) atoms. The van der Waals surface area contributed by atoms with E-state index in [1.807, 2.05) is 6.92 Å². The molecule has 0 spiro atoms. The first-order chi connectivity index (χ1) is 12.6. The van der Waals surface area contributed by atoms with Crippen molar-refractivity contribution in [1.82, 2.24) is 5.16 Å². The van der Waals surface area contributed by atoms with Gasteiger partial charge in [-0.1, -0.05) is 35.0 Å². The zero-order chi connectivity index (χ0) is 18.5. The van der Waals surface area contributed by atoms with Crippen LogP contribution in [-0.4, -0.2) is 24.8 Å². The summed E-state index contributed by atoms with van der Waals surface area (Å²) in [6, 6.07) is 13.9. The summed E-state index contributed by atoms with van der Waals surface area (Å²) in [5.74, 6) is -0.694. The van der Waals surface area contributed by atoms with Gasteiger partial charge in [-0.25, -0.2) is 9.18 Å². The minimum Gasteiger partial charge on any atom is -0.465 e. The van der Waals surface area contributed by atoms with Gasteiger partial charge >= 0.3 is 5.97 Å². The van der Waals surface area contributed by atoms with E-state index in [-0.39, 0.29) is 17.3 Å². The maximum absolute atomic E-state index is 13.1. The molecular formula is C20H19FN2O3. The highest BCUT2D eigenvalue weighted by Crippen LogP contribution is 2.29. The van der Waals surface area contributed by atoms with Crippen molar-refractivity contribution in [2.75, 3.05) is 19.0 Å². The van der Waals surface area contributed by atoms with Crippen LogP contribution in [0.1, 0.15) is 21.5 Å². The van der Waals surface area contributed by atoms with E-state index in [0.29, 0.717) is 17.8 Å². The number of rotatable bonds is 6. The number of carbonyl (C=O) groups is 1. The Hall–Kier alpha value is -3.15. The van der Waals surface area contributed by atoms with Crippen LogP contribution < -0.4 is 5.32 Å². The summed E-state index contributed by atoms with van der Waals surface area (Å²) in [5.41, 5.74) is 3.45. The second kappa shape index (κ2) is 7.82. The molecule has 3 rings (SSSR count). The number of nitrogens with one attached hydrogen (secondary N) is 1. The van der Waals surface area contributed by atoms with Crippen molar-refractivity contribution in [3.63, 3.8) is 0 Å². The lowest BCUT2D eigenvalue weighted by Crippen LogP contribution is -2.10. The number of methoxy groups -OCH3 is 1. The van der Waals surface area contributed by atoms with Crippen LogP contribution in [0.15, 0.2) is 53.1 Å². The maximum Gasteiger partial charge on any atom is 0.345 e. The number of esters is 1. The van der Waals surface area contributed by atoms with E-state index in [0.717, 1.165) is 6.42 Å². The SMILES string of the molecule is COC(=O)c1c(-c2ccc(F)cc2)noc1NCCc1ccc(C)cc1. The Bertz CT molecular complexity index is 886. The minimum absolute atomic E-state index is 0.197. The minimum atomic E-state index is -0.566. The molecule has 2 aromatic carbocycles. The number of benzene rings is 2. The molecule has 0 saturated carbocycles. The van der Waals surface area contributed by atoms with Crippen LogP contribution in [0.4, 0.5) is 10.3 Å². The first kappa shape index (κ1) is 17.7. The molecule has 3 aromatic rings. The van der Waals surface area contributed by atoms with Gasteiger partial charge in [0.05, 0.1) is 7.11 Å². The molecule has 1 heterocycles. The number of aromatic nitrogens is 1. The largest absolute Gasteiger partial charge is 0.465 e. The number of nitrogens with zero attached hydrogens (tertiary/aromatic N) is 1. The number of ether oxygens (including phenoxy) is 1. The van der Waals surface area contributed by atoms with Crippen molar-refractivity contribution in [1.29, 1.82) is 0 Å². The van der Waals surface area contributed by atoms with Gasteiger partial charge in [0.15, 0.2) is 5.56 Å². The number of aryl methyl sites for hydroxylation is 1. The van der Waals surface area contributed by atoms with E-state index in [1.165, 1.54) is 42.5 Å². The van der Waals surface area contributed by atoms with E-state index < -0.39 is 5.97 Å². The second-order valence-corrected chi connectivity index (χ2v) is 5.90. The van der Waals surface area contributed by atoms with Crippen LogP contribution in [0.3, 0.4) is 0 Å². The van der Waals surface area contributed by atoms with E-state index in [1.54, 1.807) is 0 Å². The van der Waals surface area contributed by atoms with Crippen LogP contribution in [-0.2, 0) is 11.2 Å². The fourth-order valence-electron chi connectivity index (χ4n) is 2.58. The smallest absolute Gasteiger partial charge is 0.345 e. The first-order valence-corrected chi connectivity index (χ1v) is 8.22.